The van der Waals surface area contributed by atoms with Gasteiger partial charge in [-0.15, -0.1) is 6.58 Å². The summed E-state index contributed by atoms with van der Waals surface area (Å²) in [6.45, 7) is 23.5. The van der Waals surface area contributed by atoms with E-state index in [1.54, 1.807) is 0 Å². The molecule has 0 aliphatic carbocycles. The monoisotopic (exact) mass is 522 g/mol. The second kappa shape index (κ2) is 20.1. The van der Waals surface area contributed by atoms with E-state index in [1.807, 2.05) is 18.2 Å². The predicted molar refractivity (Wildman–Crippen MR) is 166 cm³/mol. The molecule has 0 amide bonds. The first kappa shape index (κ1) is 33.1. The molecule has 8 N–H and O–H groups in total. The summed E-state index contributed by atoms with van der Waals surface area (Å²) in [6.07, 6.45) is 10.6. The lowest BCUT2D eigenvalue weighted by molar-refractivity contribution is 0.513. The van der Waals surface area contributed by atoms with Gasteiger partial charge >= 0.3 is 0 Å². The third kappa shape index (κ3) is 14.7. The maximum atomic E-state index is 5.86. The topological polar surface area (TPSA) is 100 Å². The maximum absolute atomic E-state index is 5.86. The molecule has 0 spiro atoms. The molecule has 0 heterocycles. The van der Waals surface area contributed by atoms with Crippen molar-refractivity contribution in [3.05, 3.63) is 96.6 Å². The summed E-state index contributed by atoms with van der Waals surface area (Å²) >= 11 is 0. The Morgan fingerprint density at radius 3 is 2.24 bits per heavy atom. The summed E-state index contributed by atoms with van der Waals surface area (Å²) in [5.74, 6) is 0. The number of unbranched alkanes of at least 4 members (excludes halogenated alkanes) is 2. The number of nitrogens with one attached hydrogen (secondary N) is 4. The molecular weight excluding hydrogens is 468 g/mol. The van der Waals surface area contributed by atoms with Crippen LogP contribution < -0.4 is 32.7 Å². The Kier molecular flexibility index (Phi) is 17.5. The van der Waals surface area contributed by atoms with Crippen molar-refractivity contribution in [3.8, 4) is 0 Å². The highest BCUT2D eigenvalue weighted by molar-refractivity contribution is 5.21. The van der Waals surface area contributed by atoms with Crippen LogP contribution in [0.15, 0.2) is 91.1 Å². The zero-order chi connectivity index (χ0) is 28.2. The zero-order valence-corrected chi connectivity index (χ0v) is 24.1. The van der Waals surface area contributed by atoms with Crippen LogP contribution in [0.25, 0.3) is 0 Å². The first-order valence-electron chi connectivity index (χ1n) is 14.1. The van der Waals surface area contributed by atoms with Gasteiger partial charge in [0.05, 0.1) is 18.6 Å². The van der Waals surface area contributed by atoms with Crippen molar-refractivity contribution in [1.82, 2.24) is 21.3 Å². The molecule has 6 nitrogen and oxygen atoms in total. The molecule has 6 heteroatoms. The van der Waals surface area contributed by atoms with Crippen LogP contribution in [0.2, 0.25) is 0 Å². The molecular formula is C32H54N6. The number of hydrogen-bond acceptors (Lipinski definition) is 6. The Morgan fingerprint density at radius 2 is 1.61 bits per heavy atom. The van der Waals surface area contributed by atoms with Crippen molar-refractivity contribution in [3.63, 3.8) is 0 Å². The molecule has 2 unspecified atom stereocenters. The summed E-state index contributed by atoms with van der Waals surface area (Å²) in [6, 6.07) is 10.5. The fourth-order valence-electron chi connectivity index (χ4n) is 4.20. The van der Waals surface area contributed by atoms with Crippen molar-refractivity contribution in [2.24, 2.45) is 11.5 Å². The molecule has 1 aromatic carbocycles. The molecule has 0 fully saturated rings. The normalized spacial score (nSPS) is 12.8. The van der Waals surface area contributed by atoms with E-state index in [2.05, 4.69) is 79.6 Å². The fourth-order valence-corrected chi connectivity index (χ4v) is 4.20. The van der Waals surface area contributed by atoms with Crippen LogP contribution in [0.1, 0.15) is 64.4 Å². The molecule has 0 saturated heterocycles. The number of nitrogens with two attached hydrogens (primary N) is 2. The third-order valence-electron chi connectivity index (χ3n) is 6.34. The molecule has 1 rings (SSSR count). The minimum atomic E-state index is -0.0311. The van der Waals surface area contributed by atoms with Crippen LogP contribution in [0.3, 0.4) is 0 Å². The van der Waals surface area contributed by atoms with Gasteiger partial charge in [0.1, 0.15) is 0 Å². The molecule has 0 bridgehead atoms. The molecule has 1 aromatic rings. The van der Waals surface area contributed by atoms with Crippen molar-refractivity contribution in [2.75, 3.05) is 26.2 Å². The third-order valence-corrected chi connectivity index (χ3v) is 6.34. The quantitative estimate of drug-likeness (QED) is 0.0894. The highest BCUT2D eigenvalue weighted by atomic mass is 15.1. The second-order valence-corrected chi connectivity index (χ2v) is 10.1. The van der Waals surface area contributed by atoms with Gasteiger partial charge in [0.15, 0.2) is 0 Å². The number of hydrogen-bond donors (Lipinski definition) is 6. The van der Waals surface area contributed by atoms with Gasteiger partial charge < -0.3 is 32.7 Å². The van der Waals surface area contributed by atoms with Crippen molar-refractivity contribution in [2.45, 2.75) is 77.3 Å². The SMILES string of the molecule is C=C(C)CCCCCNC(=CCC)C(CCCN)NC(=C)CNC(=C)C(Cc1ccccc1)NC(=C)CN. The van der Waals surface area contributed by atoms with Gasteiger partial charge in [0.2, 0.25) is 0 Å². The molecule has 0 aliphatic heterocycles. The van der Waals surface area contributed by atoms with Gasteiger partial charge in [-0.05, 0) is 64.0 Å². The molecule has 0 aromatic heterocycles. The predicted octanol–water partition coefficient (Wildman–Crippen LogP) is 4.99. The molecule has 212 valence electrons. The van der Waals surface area contributed by atoms with Crippen LogP contribution in [0, 0.1) is 0 Å². The molecule has 0 radical (unpaired) electrons. The highest BCUT2D eigenvalue weighted by Gasteiger charge is 2.17. The van der Waals surface area contributed by atoms with Gasteiger partial charge in [0, 0.05) is 35.9 Å². The zero-order valence-electron chi connectivity index (χ0n) is 24.1. The lowest BCUT2D eigenvalue weighted by Gasteiger charge is -2.28. The smallest absolute Gasteiger partial charge is 0.0691 e. The standard InChI is InChI=1S/C32H54N6/c1-7-15-30(35-21-13-9-10-16-25(2)3)31(19-14-20-33)38-27(5)24-36-28(6)32(37-26(4)23-34)22-29-17-11-8-12-18-29/h8,11-12,15,17-18,31-32,35-38H,2,4-7,9-10,13-14,16,19-24,33-34H2,1,3H3. The Labute approximate surface area is 232 Å². The lowest BCUT2D eigenvalue weighted by Crippen LogP contribution is -2.42. The van der Waals surface area contributed by atoms with Crippen molar-refractivity contribution >= 4 is 0 Å². The minimum absolute atomic E-state index is 0.0311. The van der Waals surface area contributed by atoms with E-state index in [1.165, 1.54) is 29.7 Å². The van der Waals surface area contributed by atoms with Crippen LogP contribution in [0.4, 0.5) is 0 Å². The van der Waals surface area contributed by atoms with Crippen molar-refractivity contribution < 1.29 is 0 Å². The Morgan fingerprint density at radius 1 is 0.895 bits per heavy atom. The molecule has 38 heavy (non-hydrogen) atoms. The summed E-state index contributed by atoms with van der Waals surface area (Å²) in [5, 5.41) is 14.2. The molecule has 0 aliphatic rings. The highest BCUT2D eigenvalue weighted by Crippen LogP contribution is 2.12. The van der Waals surface area contributed by atoms with E-state index in [0.717, 1.165) is 62.2 Å². The summed E-state index contributed by atoms with van der Waals surface area (Å²) in [7, 11) is 0. The summed E-state index contributed by atoms with van der Waals surface area (Å²) in [4.78, 5) is 0. The average molecular weight is 523 g/mol. The van der Waals surface area contributed by atoms with Gasteiger partial charge in [-0.25, -0.2) is 0 Å². The van der Waals surface area contributed by atoms with E-state index in [0.29, 0.717) is 19.6 Å². The van der Waals surface area contributed by atoms with Crippen molar-refractivity contribution in [1.29, 1.82) is 0 Å². The Bertz CT molecular complexity index is 873. The first-order valence-corrected chi connectivity index (χ1v) is 14.1. The Hall–Kier alpha value is -2.96. The molecule has 0 saturated carbocycles. The molecule has 2 atom stereocenters. The van der Waals surface area contributed by atoms with E-state index >= 15 is 0 Å². The van der Waals surface area contributed by atoms with Gasteiger partial charge in [-0.2, -0.15) is 0 Å². The minimum Gasteiger partial charge on any atom is -0.387 e. The van der Waals surface area contributed by atoms with Crippen LogP contribution in [-0.2, 0) is 6.42 Å². The number of rotatable bonds is 23. The lowest BCUT2D eigenvalue weighted by atomic mass is 10.0. The van der Waals surface area contributed by atoms with E-state index in [-0.39, 0.29) is 12.1 Å². The average Bonchev–Trinajstić information content (AvgIpc) is 2.90. The largest absolute Gasteiger partial charge is 0.387 e. The summed E-state index contributed by atoms with van der Waals surface area (Å²) in [5.41, 5.74) is 17.9. The van der Waals surface area contributed by atoms with Crippen LogP contribution in [-0.4, -0.2) is 38.3 Å². The van der Waals surface area contributed by atoms with Gasteiger partial charge in [-0.1, -0.05) is 75.1 Å². The van der Waals surface area contributed by atoms with Crippen LogP contribution >= 0.6 is 0 Å². The van der Waals surface area contributed by atoms with Crippen LogP contribution in [0.5, 0.6) is 0 Å². The Balaban J connectivity index is 2.72. The first-order chi connectivity index (χ1) is 18.3. The fraction of sp³-hybridized carbons (Fsp3) is 0.500. The van der Waals surface area contributed by atoms with E-state index in [4.69, 9.17) is 11.5 Å². The van der Waals surface area contributed by atoms with Gasteiger partial charge in [0.25, 0.3) is 0 Å². The van der Waals surface area contributed by atoms with E-state index in [9.17, 15) is 0 Å². The maximum Gasteiger partial charge on any atom is 0.0691 e. The second-order valence-electron chi connectivity index (χ2n) is 10.1. The number of allylic oxidation sites excluding steroid dienone is 2. The van der Waals surface area contributed by atoms with E-state index < -0.39 is 0 Å². The van der Waals surface area contributed by atoms with Gasteiger partial charge in [-0.3, -0.25) is 0 Å². The summed E-state index contributed by atoms with van der Waals surface area (Å²) < 4.78 is 0. The number of benzene rings is 1.